The zero-order chi connectivity index (χ0) is 15.1. The Labute approximate surface area is 123 Å². The third-order valence-corrected chi connectivity index (χ3v) is 3.21. The number of anilines is 1. The van der Waals surface area contributed by atoms with E-state index in [9.17, 15) is 4.79 Å². The van der Waals surface area contributed by atoms with E-state index in [1.165, 1.54) is 0 Å². The van der Waals surface area contributed by atoms with Crippen LogP contribution < -0.4 is 5.32 Å². The number of rotatable bonds is 7. The molecule has 2 rings (SSSR count). The molecule has 1 aromatic heterocycles. The summed E-state index contributed by atoms with van der Waals surface area (Å²) in [6, 6.07) is 9.62. The van der Waals surface area contributed by atoms with Crippen LogP contribution in [0.4, 0.5) is 5.95 Å². The molecule has 0 aliphatic heterocycles. The van der Waals surface area contributed by atoms with Crippen LogP contribution in [0, 0.1) is 0 Å². The molecule has 0 saturated carbocycles. The Balaban J connectivity index is 1.93. The fourth-order valence-corrected chi connectivity index (χ4v) is 2.06. The van der Waals surface area contributed by atoms with Crippen molar-refractivity contribution in [3.63, 3.8) is 0 Å². The number of nitrogens with one attached hydrogen (secondary N) is 1. The first kappa shape index (κ1) is 15.0. The van der Waals surface area contributed by atoms with E-state index in [0.717, 1.165) is 18.8 Å². The zero-order valence-electron chi connectivity index (χ0n) is 12.4. The molecule has 0 aliphatic rings. The molecule has 0 aliphatic carbocycles. The third kappa shape index (κ3) is 3.77. The fraction of sp³-hybridized carbons (Fsp3) is 0.429. The topological polar surface area (TPSA) is 75.9 Å². The van der Waals surface area contributed by atoms with Gasteiger partial charge in [0.15, 0.2) is 0 Å². The molecule has 0 unspecified atom stereocenters. The van der Waals surface area contributed by atoms with Crippen LogP contribution >= 0.6 is 0 Å². The molecule has 21 heavy (non-hydrogen) atoms. The van der Waals surface area contributed by atoms with Crippen molar-refractivity contribution >= 4 is 11.9 Å². The van der Waals surface area contributed by atoms with Crippen molar-refractivity contribution < 1.29 is 4.79 Å². The van der Waals surface area contributed by atoms with Crippen molar-refractivity contribution in [2.45, 2.75) is 20.3 Å². The quantitative estimate of drug-likeness (QED) is 0.832. The number of benzene rings is 1. The number of tetrazole rings is 1. The van der Waals surface area contributed by atoms with Gasteiger partial charge in [-0.2, -0.15) is 4.68 Å². The Morgan fingerprint density at radius 1 is 1.24 bits per heavy atom. The van der Waals surface area contributed by atoms with E-state index >= 15 is 0 Å². The largest absolute Gasteiger partial charge is 0.352 e. The number of hydrogen-bond acceptors (Lipinski definition) is 5. The summed E-state index contributed by atoms with van der Waals surface area (Å²) in [7, 11) is 0. The summed E-state index contributed by atoms with van der Waals surface area (Å²) in [5.41, 5.74) is 0.875. The maximum atomic E-state index is 11.9. The highest BCUT2D eigenvalue weighted by Gasteiger charge is 2.11. The number of aromatic nitrogens is 4. The molecule has 1 N–H and O–H groups in total. The summed E-state index contributed by atoms with van der Waals surface area (Å²) in [5.74, 6) is 0.666. The first-order valence-electron chi connectivity index (χ1n) is 7.11. The van der Waals surface area contributed by atoms with Gasteiger partial charge in [-0.3, -0.25) is 4.79 Å². The van der Waals surface area contributed by atoms with Crippen molar-refractivity contribution in [2.75, 3.05) is 25.0 Å². The predicted molar refractivity (Wildman–Crippen MR) is 80.2 cm³/mol. The molecular weight excluding hydrogens is 268 g/mol. The van der Waals surface area contributed by atoms with Crippen LogP contribution in [0.5, 0.6) is 0 Å². The summed E-state index contributed by atoms with van der Waals surface area (Å²) in [5, 5.41) is 14.7. The van der Waals surface area contributed by atoms with E-state index in [1.807, 2.05) is 49.1 Å². The average molecular weight is 288 g/mol. The lowest BCUT2D eigenvalue weighted by Crippen LogP contribution is -2.31. The van der Waals surface area contributed by atoms with Crippen molar-refractivity contribution in [3.05, 3.63) is 30.3 Å². The summed E-state index contributed by atoms with van der Waals surface area (Å²) < 4.78 is 1.61. The van der Waals surface area contributed by atoms with E-state index in [4.69, 9.17) is 0 Å². The van der Waals surface area contributed by atoms with Crippen LogP contribution in [0.25, 0.3) is 5.69 Å². The van der Waals surface area contributed by atoms with E-state index < -0.39 is 0 Å². The molecule has 0 radical (unpaired) electrons. The van der Waals surface area contributed by atoms with Crippen LogP contribution in [-0.4, -0.2) is 50.6 Å². The maximum absolute atomic E-state index is 11.9. The Morgan fingerprint density at radius 3 is 2.62 bits per heavy atom. The third-order valence-electron chi connectivity index (χ3n) is 3.21. The number of amides is 1. The van der Waals surface area contributed by atoms with Gasteiger partial charge in [-0.1, -0.05) is 23.3 Å². The molecule has 0 atom stereocenters. The smallest absolute Gasteiger partial charge is 0.247 e. The Kier molecular flexibility index (Phi) is 5.25. The van der Waals surface area contributed by atoms with Crippen molar-refractivity contribution in [1.82, 2.24) is 25.1 Å². The van der Waals surface area contributed by atoms with Crippen molar-refractivity contribution in [2.24, 2.45) is 0 Å². The SMILES string of the molecule is CCN(CC)C(=O)CCNc1nnnn1-c1ccccc1. The highest BCUT2D eigenvalue weighted by molar-refractivity contribution is 5.76. The van der Waals surface area contributed by atoms with Crippen LogP contribution in [0.1, 0.15) is 20.3 Å². The maximum Gasteiger partial charge on any atom is 0.247 e. The summed E-state index contributed by atoms with van der Waals surface area (Å²) in [6.07, 6.45) is 0.420. The Morgan fingerprint density at radius 2 is 1.95 bits per heavy atom. The summed E-state index contributed by atoms with van der Waals surface area (Å²) in [4.78, 5) is 13.7. The molecule has 0 saturated heterocycles. The van der Waals surface area contributed by atoms with Gasteiger partial charge in [0.1, 0.15) is 0 Å². The van der Waals surface area contributed by atoms with Crippen LogP contribution in [0.3, 0.4) is 0 Å². The van der Waals surface area contributed by atoms with Gasteiger partial charge in [-0.15, -0.1) is 0 Å². The first-order valence-corrected chi connectivity index (χ1v) is 7.11. The van der Waals surface area contributed by atoms with Gasteiger partial charge >= 0.3 is 0 Å². The second kappa shape index (κ2) is 7.37. The average Bonchev–Trinajstić information content (AvgIpc) is 2.98. The van der Waals surface area contributed by atoms with E-state index in [0.29, 0.717) is 18.9 Å². The second-order valence-corrected chi connectivity index (χ2v) is 4.49. The van der Waals surface area contributed by atoms with Gasteiger partial charge in [-0.05, 0) is 36.4 Å². The second-order valence-electron chi connectivity index (χ2n) is 4.49. The Hall–Kier alpha value is -2.44. The van der Waals surface area contributed by atoms with Crippen LogP contribution in [0.2, 0.25) is 0 Å². The number of nitrogens with zero attached hydrogens (tertiary/aromatic N) is 5. The minimum Gasteiger partial charge on any atom is -0.352 e. The molecule has 2 aromatic rings. The minimum absolute atomic E-state index is 0.131. The molecule has 0 fully saturated rings. The molecule has 0 bridgehead atoms. The number of para-hydroxylation sites is 1. The van der Waals surface area contributed by atoms with Gasteiger partial charge in [0.25, 0.3) is 0 Å². The number of carbonyl (C=O) groups is 1. The summed E-state index contributed by atoms with van der Waals surface area (Å²) >= 11 is 0. The minimum atomic E-state index is 0.131. The van der Waals surface area contributed by atoms with Gasteiger partial charge in [0.2, 0.25) is 11.9 Å². The molecule has 7 nitrogen and oxygen atoms in total. The van der Waals surface area contributed by atoms with Crippen LogP contribution in [0.15, 0.2) is 30.3 Å². The van der Waals surface area contributed by atoms with Crippen LogP contribution in [-0.2, 0) is 4.79 Å². The molecule has 1 aromatic carbocycles. The zero-order valence-corrected chi connectivity index (χ0v) is 12.4. The highest BCUT2D eigenvalue weighted by Crippen LogP contribution is 2.10. The molecule has 112 valence electrons. The molecule has 7 heteroatoms. The van der Waals surface area contributed by atoms with E-state index in [1.54, 1.807) is 4.68 Å². The first-order chi connectivity index (χ1) is 10.3. The normalized spacial score (nSPS) is 10.4. The van der Waals surface area contributed by atoms with Crippen molar-refractivity contribution in [3.8, 4) is 5.69 Å². The fourth-order valence-electron chi connectivity index (χ4n) is 2.06. The monoisotopic (exact) mass is 288 g/mol. The highest BCUT2D eigenvalue weighted by atomic mass is 16.2. The number of hydrogen-bond donors (Lipinski definition) is 1. The molecular formula is C14H20N6O. The lowest BCUT2D eigenvalue weighted by atomic mass is 10.3. The van der Waals surface area contributed by atoms with Gasteiger partial charge < -0.3 is 10.2 Å². The summed E-state index contributed by atoms with van der Waals surface area (Å²) in [6.45, 7) is 5.92. The molecule has 1 heterocycles. The van der Waals surface area contributed by atoms with Gasteiger partial charge in [-0.25, -0.2) is 0 Å². The Bertz CT molecular complexity index is 564. The van der Waals surface area contributed by atoms with Gasteiger partial charge in [0.05, 0.1) is 5.69 Å². The number of carbonyl (C=O) groups excluding carboxylic acids is 1. The lowest BCUT2D eigenvalue weighted by molar-refractivity contribution is -0.130. The van der Waals surface area contributed by atoms with E-state index in [-0.39, 0.29) is 5.91 Å². The molecule has 1 amide bonds. The van der Waals surface area contributed by atoms with Crippen molar-refractivity contribution in [1.29, 1.82) is 0 Å². The molecule has 0 spiro atoms. The predicted octanol–water partition coefficient (Wildman–Crippen LogP) is 1.33. The van der Waals surface area contributed by atoms with E-state index in [2.05, 4.69) is 20.8 Å². The standard InChI is InChI=1S/C14H20N6O/c1-3-19(4-2)13(21)10-11-15-14-16-17-18-20(14)12-8-6-5-7-9-12/h5-9H,3-4,10-11H2,1-2H3,(H,15,16,18). The van der Waals surface area contributed by atoms with Gasteiger partial charge in [0, 0.05) is 26.1 Å². The lowest BCUT2D eigenvalue weighted by Gasteiger charge is -2.18.